The first kappa shape index (κ1) is 16.3. The van der Waals surface area contributed by atoms with Crippen molar-refractivity contribution in [1.29, 1.82) is 0 Å². The molecule has 122 valence electrons. The highest BCUT2D eigenvalue weighted by Crippen LogP contribution is 2.27. The van der Waals surface area contributed by atoms with Crippen molar-refractivity contribution in [2.45, 2.75) is 6.92 Å². The van der Waals surface area contributed by atoms with Crippen LogP contribution in [0.25, 0.3) is 16.6 Å². The summed E-state index contributed by atoms with van der Waals surface area (Å²) >= 11 is 3.35. The number of pyridine rings is 1. The molecule has 2 aromatic carbocycles. The Morgan fingerprint density at radius 1 is 1.17 bits per heavy atom. The third kappa shape index (κ3) is 2.69. The van der Waals surface area contributed by atoms with Crippen LogP contribution in [0, 0.1) is 0 Å². The lowest BCUT2D eigenvalue weighted by atomic mass is 10.1. The summed E-state index contributed by atoms with van der Waals surface area (Å²) in [4.78, 5) is 24.9. The number of ether oxygens (including phenoxy) is 1. The van der Waals surface area contributed by atoms with Crippen LogP contribution in [0.15, 0.2) is 57.8 Å². The van der Waals surface area contributed by atoms with Crippen LogP contribution in [0.2, 0.25) is 0 Å². The molecule has 0 amide bonds. The fourth-order valence-electron chi connectivity index (χ4n) is 2.59. The zero-order valence-electron chi connectivity index (χ0n) is 12.8. The molecule has 6 heteroatoms. The molecule has 1 heterocycles. The summed E-state index contributed by atoms with van der Waals surface area (Å²) in [7, 11) is 0. The van der Waals surface area contributed by atoms with Crippen molar-refractivity contribution in [3.8, 4) is 11.4 Å². The van der Waals surface area contributed by atoms with Gasteiger partial charge in [-0.25, -0.2) is 4.79 Å². The Balaban J connectivity index is 2.39. The number of fused-ring (bicyclic) bond motifs is 1. The predicted molar refractivity (Wildman–Crippen MR) is 94.9 cm³/mol. The summed E-state index contributed by atoms with van der Waals surface area (Å²) in [5.41, 5.74) is 0.334. The van der Waals surface area contributed by atoms with E-state index in [9.17, 15) is 14.7 Å². The van der Waals surface area contributed by atoms with Gasteiger partial charge in [-0.05, 0) is 37.3 Å². The molecule has 1 aromatic heterocycles. The van der Waals surface area contributed by atoms with Gasteiger partial charge in [-0.2, -0.15) is 0 Å². The highest BCUT2D eigenvalue weighted by atomic mass is 79.9. The molecule has 0 bridgehead atoms. The Kier molecular flexibility index (Phi) is 4.40. The Hall–Kier alpha value is -2.60. The van der Waals surface area contributed by atoms with E-state index in [4.69, 9.17) is 4.74 Å². The zero-order chi connectivity index (χ0) is 17.3. The standard InChI is InChI=1S/C18H14BrNO4/c1-2-24-18(23)15-13-5-3-4-6-14(13)20(17(22)16(15)21)12-9-7-11(19)8-10-12/h3-10,21H,2H2,1H3. The molecule has 0 aliphatic heterocycles. The number of aromatic nitrogens is 1. The highest BCUT2D eigenvalue weighted by molar-refractivity contribution is 9.10. The zero-order valence-corrected chi connectivity index (χ0v) is 14.4. The molecule has 3 rings (SSSR count). The maximum atomic E-state index is 12.7. The second-order valence-electron chi connectivity index (χ2n) is 5.08. The number of esters is 1. The van der Waals surface area contributed by atoms with Crippen molar-refractivity contribution in [2.75, 3.05) is 6.61 Å². The van der Waals surface area contributed by atoms with Crippen molar-refractivity contribution < 1.29 is 14.6 Å². The molecule has 0 unspecified atom stereocenters. The van der Waals surface area contributed by atoms with E-state index in [2.05, 4.69) is 15.9 Å². The molecular weight excluding hydrogens is 374 g/mol. The molecule has 0 spiro atoms. The summed E-state index contributed by atoms with van der Waals surface area (Å²) in [5.74, 6) is -1.33. The number of hydrogen-bond acceptors (Lipinski definition) is 4. The van der Waals surface area contributed by atoms with Gasteiger partial charge in [-0.15, -0.1) is 0 Å². The number of benzene rings is 2. The number of para-hydroxylation sites is 1. The number of nitrogens with zero attached hydrogens (tertiary/aromatic N) is 1. The number of carbonyl (C=O) groups excluding carboxylic acids is 1. The summed E-state index contributed by atoms with van der Waals surface area (Å²) in [6.07, 6.45) is 0. The number of halogens is 1. The maximum Gasteiger partial charge on any atom is 0.342 e. The average molecular weight is 388 g/mol. The number of rotatable bonds is 3. The molecule has 0 radical (unpaired) electrons. The minimum Gasteiger partial charge on any atom is -0.502 e. The Morgan fingerprint density at radius 3 is 2.50 bits per heavy atom. The highest BCUT2D eigenvalue weighted by Gasteiger charge is 2.23. The van der Waals surface area contributed by atoms with Crippen LogP contribution in [0.1, 0.15) is 17.3 Å². The topological polar surface area (TPSA) is 68.5 Å². The van der Waals surface area contributed by atoms with Gasteiger partial charge in [0.2, 0.25) is 0 Å². The van der Waals surface area contributed by atoms with E-state index < -0.39 is 17.3 Å². The predicted octanol–water partition coefficient (Wildman–Crippen LogP) is 3.64. The molecule has 3 aromatic rings. The lowest BCUT2D eigenvalue weighted by Crippen LogP contribution is -2.22. The lowest BCUT2D eigenvalue weighted by molar-refractivity contribution is 0.0525. The Morgan fingerprint density at radius 2 is 1.83 bits per heavy atom. The second kappa shape index (κ2) is 6.49. The monoisotopic (exact) mass is 387 g/mol. The van der Waals surface area contributed by atoms with E-state index in [0.717, 1.165) is 4.47 Å². The fraction of sp³-hybridized carbons (Fsp3) is 0.111. The van der Waals surface area contributed by atoms with Crippen LogP contribution in [-0.2, 0) is 4.74 Å². The fourth-order valence-corrected chi connectivity index (χ4v) is 2.85. The van der Waals surface area contributed by atoms with Crippen molar-refractivity contribution in [3.05, 3.63) is 68.9 Å². The second-order valence-corrected chi connectivity index (χ2v) is 5.99. The quantitative estimate of drug-likeness (QED) is 0.696. The van der Waals surface area contributed by atoms with Gasteiger partial charge in [0.1, 0.15) is 5.56 Å². The SMILES string of the molecule is CCOC(=O)c1c(O)c(=O)n(-c2ccc(Br)cc2)c2ccccc12. The molecule has 0 saturated carbocycles. The third-order valence-electron chi connectivity index (χ3n) is 3.62. The summed E-state index contributed by atoms with van der Waals surface area (Å²) in [5, 5.41) is 10.8. The Bertz CT molecular complexity index is 977. The van der Waals surface area contributed by atoms with E-state index in [1.165, 1.54) is 4.57 Å². The number of hydrogen-bond donors (Lipinski definition) is 1. The van der Waals surface area contributed by atoms with Crippen LogP contribution < -0.4 is 5.56 Å². The van der Waals surface area contributed by atoms with Gasteiger partial charge in [0.25, 0.3) is 5.56 Å². The van der Waals surface area contributed by atoms with Crippen molar-refractivity contribution in [2.24, 2.45) is 0 Å². The lowest BCUT2D eigenvalue weighted by Gasteiger charge is -2.14. The minimum atomic E-state index is -0.716. The molecule has 0 fully saturated rings. The van der Waals surface area contributed by atoms with E-state index in [-0.39, 0.29) is 12.2 Å². The van der Waals surface area contributed by atoms with Gasteiger partial charge in [0.05, 0.1) is 12.1 Å². The smallest absolute Gasteiger partial charge is 0.342 e. The first-order valence-corrected chi connectivity index (χ1v) is 8.13. The maximum absolute atomic E-state index is 12.7. The molecule has 0 saturated heterocycles. The van der Waals surface area contributed by atoms with Crippen molar-refractivity contribution in [3.63, 3.8) is 0 Å². The van der Waals surface area contributed by atoms with Crippen LogP contribution in [0.3, 0.4) is 0 Å². The molecule has 24 heavy (non-hydrogen) atoms. The van der Waals surface area contributed by atoms with Gasteiger partial charge in [-0.1, -0.05) is 34.1 Å². The third-order valence-corrected chi connectivity index (χ3v) is 4.15. The normalized spacial score (nSPS) is 10.8. The van der Waals surface area contributed by atoms with Crippen LogP contribution in [0.5, 0.6) is 5.75 Å². The van der Waals surface area contributed by atoms with Crippen LogP contribution in [0.4, 0.5) is 0 Å². The molecule has 0 aliphatic rings. The Labute approximate surface area is 146 Å². The van der Waals surface area contributed by atoms with Crippen molar-refractivity contribution in [1.82, 2.24) is 4.57 Å². The average Bonchev–Trinajstić information content (AvgIpc) is 2.57. The molecule has 1 N–H and O–H groups in total. The first-order valence-electron chi connectivity index (χ1n) is 7.34. The molecular formula is C18H14BrNO4. The van der Waals surface area contributed by atoms with Gasteiger partial charge < -0.3 is 9.84 Å². The van der Waals surface area contributed by atoms with E-state index >= 15 is 0 Å². The summed E-state index contributed by atoms with van der Waals surface area (Å²) in [6, 6.07) is 14.0. The summed E-state index contributed by atoms with van der Waals surface area (Å²) in [6.45, 7) is 1.82. The molecule has 0 aliphatic carbocycles. The first-order chi connectivity index (χ1) is 11.5. The van der Waals surface area contributed by atoms with Gasteiger partial charge in [0.15, 0.2) is 5.75 Å². The van der Waals surface area contributed by atoms with Gasteiger partial charge in [-0.3, -0.25) is 9.36 Å². The van der Waals surface area contributed by atoms with Crippen LogP contribution in [-0.4, -0.2) is 22.2 Å². The minimum absolute atomic E-state index is 0.106. The van der Waals surface area contributed by atoms with E-state index in [1.54, 1.807) is 55.5 Å². The summed E-state index contributed by atoms with van der Waals surface area (Å²) < 4.78 is 7.23. The number of carbonyl (C=O) groups is 1. The van der Waals surface area contributed by atoms with Crippen LogP contribution >= 0.6 is 15.9 Å². The van der Waals surface area contributed by atoms with E-state index in [1.807, 2.05) is 0 Å². The largest absolute Gasteiger partial charge is 0.502 e. The number of aromatic hydroxyl groups is 1. The van der Waals surface area contributed by atoms with Gasteiger partial charge in [0, 0.05) is 15.5 Å². The van der Waals surface area contributed by atoms with Crippen molar-refractivity contribution >= 4 is 32.8 Å². The van der Waals surface area contributed by atoms with E-state index in [0.29, 0.717) is 16.6 Å². The molecule has 0 atom stereocenters. The van der Waals surface area contributed by atoms with Gasteiger partial charge >= 0.3 is 5.97 Å². The molecule has 5 nitrogen and oxygen atoms in total.